The lowest BCUT2D eigenvalue weighted by Crippen LogP contribution is -2.22. The molecule has 6 nitrogen and oxygen atoms in total. The third-order valence-electron chi connectivity index (χ3n) is 4.39. The van der Waals surface area contributed by atoms with Crippen molar-refractivity contribution in [2.24, 2.45) is 5.18 Å². The predicted molar refractivity (Wildman–Crippen MR) is 115 cm³/mol. The van der Waals surface area contributed by atoms with Crippen LogP contribution in [0, 0.1) is 4.91 Å². The van der Waals surface area contributed by atoms with Crippen LogP contribution in [0.2, 0.25) is 0 Å². The molecule has 0 spiro atoms. The minimum atomic E-state index is 0.451. The van der Waals surface area contributed by atoms with E-state index in [-0.39, 0.29) is 0 Å². The number of rotatable bonds is 8. The number of nitrogens with zero attached hydrogens (tertiary/aromatic N) is 3. The summed E-state index contributed by atoms with van der Waals surface area (Å²) in [4.78, 5) is 20.4. The van der Waals surface area contributed by atoms with Crippen LogP contribution in [-0.2, 0) is 6.54 Å². The molecule has 0 bridgehead atoms. The van der Waals surface area contributed by atoms with Gasteiger partial charge in [0.2, 0.25) is 0 Å². The van der Waals surface area contributed by atoms with Crippen molar-refractivity contribution < 1.29 is 0 Å². The zero-order valence-corrected chi connectivity index (χ0v) is 15.9. The molecule has 2 N–H and O–H groups in total. The molecule has 2 aromatic heterocycles. The van der Waals surface area contributed by atoms with Crippen molar-refractivity contribution in [3.05, 3.63) is 76.8 Å². The highest BCUT2D eigenvalue weighted by molar-refractivity contribution is 7.17. The Hall–Kier alpha value is -3.16. The van der Waals surface area contributed by atoms with Gasteiger partial charge in [0, 0.05) is 30.6 Å². The molecule has 0 aliphatic carbocycles. The second kappa shape index (κ2) is 8.69. The highest BCUT2D eigenvalue weighted by atomic mass is 32.1. The molecule has 4 rings (SSSR count). The molecule has 28 heavy (non-hydrogen) atoms. The first kappa shape index (κ1) is 18.2. The molecule has 7 heteroatoms. The Bertz CT molecular complexity index is 1080. The van der Waals surface area contributed by atoms with E-state index in [9.17, 15) is 4.91 Å². The summed E-state index contributed by atoms with van der Waals surface area (Å²) in [7, 11) is 0. The van der Waals surface area contributed by atoms with Crippen LogP contribution in [0.1, 0.15) is 5.56 Å². The van der Waals surface area contributed by atoms with E-state index in [0.29, 0.717) is 12.2 Å². The molecule has 0 radical (unpaired) electrons. The van der Waals surface area contributed by atoms with Crippen molar-refractivity contribution in [1.82, 2.24) is 15.3 Å². The third-order valence-corrected chi connectivity index (χ3v) is 5.28. The topological polar surface area (TPSA) is 79.3 Å². The van der Waals surface area contributed by atoms with Crippen LogP contribution >= 0.6 is 11.3 Å². The van der Waals surface area contributed by atoms with Gasteiger partial charge in [0.05, 0.1) is 5.39 Å². The minimum absolute atomic E-state index is 0.451. The lowest BCUT2D eigenvalue weighted by Gasteiger charge is -2.09. The fraction of sp³-hybridized carbons (Fsp3) is 0.143. The van der Waals surface area contributed by atoms with Gasteiger partial charge in [-0.3, -0.25) is 0 Å². The summed E-state index contributed by atoms with van der Waals surface area (Å²) in [5, 5.41) is 12.9. The smallest absolute Gasteiger partial charge is 0.138 e. The summed E-state index contributed by atoms with van der Waals surface area (Å²) in [6, 6.07) is 17.6. The van der Waals surface area contributed by atoms with Gasteiger partial charge < -0.3 is 10.6 Å². The summed E-state index contributed by atoms with van der Waals surface area (Å²) >= 11 is 1.63. The normalized spacial score (nSPS) is 10.9. The molecule has 0 fully saturated rings. The Morgan fingerprint density at radius 2 is 1.89 bits per heavy atom. The summed E-state index contributed by atoms with van der Waals surface area (Å²) in [5.41, 5.74) is 3.79. The number of anilines is 1. The van der Waals surface area contributed by atoms with E-state index in [1.54, 1.807) is 29.8 Å². The van der Waals surface area contributed by atoms with E-state index >= 15 is 0 Å². The maximum absolute atomic E-state index is 10.6. The number of thiophene rings is 1. The molecular formula is C21H19N5OS. The number of hydrogen-bond donors (Lipinski definition) is 2. The van der Waals surface area contributed by atoms with Crippen LogP contribution in [0.25, 0.3) is 21.3 Å². The van der Waals surface area contributed by atoms with Crippen molar-refractivity contribution in [1.29, 1.82) is 0 Å². The Morgan fingerprint density at radius 3 is 2.75 bits per heavy atom. The van der Waals surface area contributed by atoms with E-state index in [1.807, 2.05) is 30.3 Å². The number of fused-ring (bicyclic) bond motifs is 1. The Labute approximate surface area is 166 Å². The van der Waals surface area contributed by atoms with Crippen molar-refractivity contribution in [3.63, 3.8) is 0 Å². The fourth-order valence-corrected chi connectivity index (χ4v) is 3.98. The van der Waals surface area contributed by atoms with Gasteiger partial charge in [-0.15, -0.1) is 16.2 Å². The number of aromatic nitrogens is 2. The van der Waals surface area contributed by atoms with E-state index in [1.165, 1.54) is 0 Å². The van der Waals surface area contributed by atoms with Gasteiger partial charge in [0.25, 0.3) is 0 Å². The van der Waals surface area contributed by atoms with E-state index in [0.717, 1.165) is 45.8 Å². The summed E-state index contributed by atoms with van der Waals surface area (Å²) < 4.78 is 0. The van der Waals surface area contributed by atoms with Crippen LogP contribution in [0.15, 0.2) is 71.5 Å². The van der Waals surface area contributed by atoms with Crippen molar-refractivity contribution in [2.75, 3.05) is 18.4 Å². The number of benzene rings is 2. The molecule has 0 saturated carbocycles. The maximum Gasteiger partial charge on any atom is 0.138 e. The average molecular weight is 389 g/mol. The van der Waals surface area contributed by atoms with Crippen LogP contribution in [0.4, 0.5) is 11.5 Å². The lowest BCUT2D eigenvalue weighted by atomic mass is 10.1. The Kier molecular flexibility index (Phi) is 5.65. The molecule has 0 aliphatic rings. The fourth-order valence-electron chi connectivity index (χ4n) is 3.06. The first-order valence-corrected chi connectivity index (χ1v) is 9.87. The first-order valence-electron chi connectivity index (χ1n) is 8.99. The molecule has 0 amide bonds. The molecule has 2 aromatic carbocycles. The number of hydrogen-bond acceptors (Lipinski definition) is 7. The van der Waals surface area contributed by atoms with Crippen LogP contribution in [0.5, 0.6) is 0 Å². The van der Waals surface area contributed by atoms with Gasteiger partial charge in [0.15, 0.2) is 0 Å². The summed E-state index contributed by atoms with van der Waals surface area (Å²) in [5.74, 6) is 0.846. The highest BCUT2D eigenvalue weighted by Crippen LogP contribution is 2.36. The quantitative estimate of drug-likeness (QED) is 0.329. The molecule has 140 valence electrons. The maximum atomic E-state index is 10.6. The van der Waals surface area contributed by atoms with Crippen molar-refractivity contribution >= 4 is 33.1 Å². The average Bonchev–Trinajstić information content (AvgIpc) is 3.19. The first-order chi connectivity index (χ1) is 13.8. The van der Waals surface area contributed by atoms with Gasteiger partial charge in [-0.2, -0.15) is 0 Å². The SMILES string of the molecule is O=Nc1cccc(CNCCNc2ncnc3scc(-c4ccccc4)c23)c1. The Balaban J connectivity index is 1.41. The van der Waals surface area contributed by atoms with Gasteiger partial charge in [-0.05, 0) is 28.4 Å². The van der Waals surface area contributed by atoms with Crippen molar-refractivity contribution in [3.8, 4) is 11.1 Å². The van der Waals surface area contributed by atoms with Gasteiger partial charge in [-0.25, -0.2) is 9.97 Å². The molecule has 0 aliphatic heterocycles. The van der Waals surface area contributed by atoms with Gasteiger partial charge in [-0.1, -0.05) is 42.5 Å². The van der Waals surface area contributed by atoms with E-state index < -0.39 is 0 Å². The van der Waals surface area contributed by atoms with Crippen LogP contribution in [0.3, 0.4) is 0 Å². The van der Waals surface area contributed by atoms with Gasteiger partial charge in [0.1, 0.15) is 22.7 Å². The molecule has 4 aromatic rings. The number of nitroso groups, excluding NO2 is 1. The monoisotopic (exact) mass is 389 g/mol. The molecule has 0 saturated heterocycles. The van der Waals surface area contributed by atoms with E-state index in [4.69, 9.17) is 0 Å². The summed E-state index contributed by atoms with van der Waals surface area (Å²) in [6.45, 7) is 2.16. The molecule has 0 unspecified atom stereocenters. The predicted octanol–water partition coefficient (Wildman–Crippen LogP) is 4.96. The second-order valence-corrected chi connectivity index (χ2v) is 7.14. The molecule has 2 heterocycles. The Morgan fingerprint density at radius 1 is 1.00 bits per heavy atom. The van der Waals surface area contributed by atoms with Crippen LogP contribution < -0.4 is 10.6 Å². The lowest BCUT2D eigenvalue weighted by molar-refractivity contribution is 0.706. The molecule has 0 atom stereocenters. The highest BCUT2D eigenvalue weighted by Gasteiger charge is 2.12. The summed E-state index contributed by atoms with van der Waals surface area (Å²) in [6.07, 6.45) is 1.60. The minimum Gasteiger partial charge on any atom is -0.368 e. The third kappa shape index (κ3) is 4.05. The second-order valence-electron chi connectivity index (χ2n) is 6.28. The van der Waals surface area contributed by atoms with Crippen molar-refractivity contribution in [2.45, 2.75) is 6.54 Å². The largest absolute Gasteiger partial charge is 0.368 e. The molecular weight excluding hydrogens is 370 g/mol. The zero-order valence-electron chi connectivity index (χ0n) is 15.1. The van der Waals surface area contributed by atoms with Crippen LogP contribution in [-0.4, -0.2) is 23.1 Å². The van der Waals surface area contributed by atoms with Gasteiger partial charge >= 0.3 is 0 Å². The standard InChI is InChI=1S/C21H19N5OS/c27-26-17-8-4-5-15(11-17)12-22-9-10-23-20-19-18(16-6-2-1-3-7-16)13-28-21(19)25-14-24-20/h1-8,11,13-14,22H,9-10,12H2,(H,23,24,25). The zero-order chi connectivity index (χ0) is 19.2. The van der Waals surface area contributed by atoms with E-state index in [2.05, 4.69) is 43.3 Å². The number of nitrogens with one attached hydrogen (secondary N) is 2.